The molecule has 4 aromatic heterocycles. The first-order valence-corrected chi connectivity index (χ1v) is 22.6. The number of sulfonamides is 1. The molecule has 1 fully saturated rings. The van der Waals surface area contributed by atoms with Gasteiger partial charge in [-0.15, -0.1) is 0 Å². The largest absolute Gasteiger partial charge is 0.455 e. The Kier molecular flexibility index (Phi) is 11.2. The summed E-state index contributed by atoms with van der Waals surface area (Å²) in [6.07, 6.45) is -9.07. The van der Waals surface area contributed by atoms with E-state index >= 15 is 13.6 Å². The molecule has 0 aliphatic heterocycles. The monoisotopic (exact) mass is 1020 g/mol. The van der Waals surface area contributed by atoms with Crippen molar-refractivity contribution < 1.29 is 61.5 Å². The number of hydrogen-bond donors (Lipinski definition) is 2. The maximum absolute atomic E-state index is 15.6. The van der Waals surface area contributed by atoms with E-state index in [0.29, 0.717) is 15.4 Å². The van der Waals surface area contributed by atoms with Crippen LogP contribution >= 0.6 is 11.6 Å². The Hall–Kier alpha value is -6.57. The molecule has 7 aromatic rings. The molecule has 1 saturated carbocycles. The summed E-state index contributed by atoms with van der Waals surface area (Å²) in [4.78, 5) is 34.0. The van der Waals surface area contributed by atoms with Gasteiger partial charge in [0.25, 0.3) is 17.9 Å². The van der Waals surface area contributed by atoms with Crippen molar-refractivity contribution >= 4 is 55.2 Å². The molecule has 4 heterocycles. The predicted octanol–water partition coefficient (Wildman–Crippen LogP) is 8.39. The van der Waals surface area contributed by atoms with E-state index < -0.39 is 112 Å². The summed E-state index contributed by atoms with van der Waals surface area (Å²) in [6.45, 7) is -1.76. The maximum atomic E-state index is 15.6. The van der Waals surface area contributed by atoms with Crippen molar-refractivity contribution in [1.29, 1.82) is 0 Å². The molecule has 0 spiro atoms. The van der Waals surface area contributed by atoms with Gasteiger partial charge in [0.15, 0.2) is 5.82 Å². The van der Waals surface area contributed by atoms with Crippen molar-refractivity contribution in [2.45, 2.75) is 69.3 Å². The second kappa shape index (κ2) is 16.3. The Morgan fingerprint density at radius 1 is 0.971 bits per heavy atom. The molecule has 364 valence electrons. The Balaban J connectivity index is 1.24. The fourth-order valence-electron chi connectivity index (χ4n) is 8.83. The van der Waals surface area contributed by atoms with Crippen molar-refractivity contribution in [2.24, 2.45) is 13.0 Å². The molecule has 0 unspecified atom stereocenters. The van der Waals surface area contributed by atoms with Crippen molar-refractivity contribution in [2.75, 3.05) is 11.0 Å². The number of rotatable bonds is 13. The Bertz CT molecular complexity index is 3440. The van der Waals surface area contributed by atoms with Gasteiger partial charge in [0.1, 0.15) is 41.9 Å². The number of hydrogen-bond acceptors (Lipinski definition) is 8. The van der Waals surface area contributed by atoms with Crippen LogP contribution in [0.4, 0.5) is 54.1 Å². The van der Waals surface area contributed by atoms with Gasteiger partial charge in [0, 0.05) is 42.3 Å². The molecule has 14 nitrogen and oxygen atoms in total. The van der Waals surface area contributed by atoms with Crippen LogP contribution < -0.4 is 15.6 Å². The van der Waals surface area contributed by atoms with Crippen LogP contribution in [-0.2, 0) is 47.3 Å². The van der Waals surface area contributed by atoms with Gasteiger partial charge in [-0.3, -0.25) is 32.9 Å². The number of nitrogens with one attached hydrogen (secondary N) is 2. The van der Waals surface area contributed by atoms with Crippen LogP contribution in [0.2, 0.25) is 5.02 Å². The van der Waals surface area contributed by atoms with Gasteiger partial charge in [-0.2, -0.15) is 46.0 Å². The standard InChI is InChI=1S/C42H32ClF11N10O4S/c1-17-8-26(57-63(17)16-40(48,49)42(52,53)54)19-4-5-22-27(12-19)56-38(64(39(22)66)29-7-6-25(43)32-34(29)61(2)59-37(32)60-69(3,67)68)28(11-18-9-20(44)13-21(45)10-18)55-30(65)15-62-35-31(33(58-62)36(46)47)23-14-24(23)41(35,50)51/h4-10,12-13,23-24,28,36H,11,14-16H2,1-3H3,(H,55,65)(H,59,60)/t23-,24+,28-/m0/s1. The van der Waals surface area contributed by atoms with Crippen molar-refractivity contribution in [3.05, 3.63) is 116 Å². The topological polar surface area (TPSA) is 164 Å². The first kappa shape index (κ1) is 47.5. The van der Waals surface area contributed by atoms with Crippen molar-refractivity contribution in [1.82, 2.24) is 44.2 Å². The second-order valence-corrected chi connectivity index (χ2v) is 18.9. The van der Waals surface area contributed by atoms with Crippen molar-refractivity contribution in [3.63, 3.8) is 0 Å². The van der Waals surface area contributed by atoms with Crippen LogP contribution in [0.1, 0.15) is 58.8 Å². The van der Waals surface area contributed by atoms with Crippen molar-refractivity contribution in [3.8, 4) is 16.9 Å². The zero-order chi connectivity index (χ0) is 50.0. The van der Waals surface area contributed by atoms with Crippen LogP contribution in [0.15, 0.2) is 59.4 Å². The van der Waals surface area contributed by atoms with E-state index in [9.17, 15) is 52.7 Å². The van der Waals surface area contributed by atoms with Gasteiger partial charge < -0.3 is 5.32 Å². The van der Waals surface area contributed by atoms with Crippen LogP contribution in [0, 0.1) is 24.5 Å². The minimum Gasteiger partial charge on any atom is -0.344 e. The number of anilines is 1. The predicted molar refractivity (Wildman–Crippen MR) is 225 cm³/mol. The summed E-state index contributed by atoms with van der Waals surface area (Å²) in [6, 6.07) is 8.01. The third-order valence-corrected chi connectivity index (χ3v) is 12.7. The van der Waals surface area contributed by atoms with E-state index in [1.807, 2.05) is 0 Å². The van der Waals surface area contributed by atoms with Gasteiger partial charge in [0.2, 0.25) is 15.9 Å². The van der Waals surface area contributed by atoms with Gasteiger partial charge in [0.05, 0.1) is 50.5 Å². The summed E-state index contributed by atoms with van der Waals surface area (Å²) in [5.41, 5.74) is -3.95. The highest BCUT2D eigenvalue weighted by Crippen LogP contribution is 2.68. The van der Waals surface area contributed by atoms with Crippen LogP contribution in [0.3, 0.4) is 0 Å². The smallest absolute Gasteiger partial charge is 0.344 e. The zero-order valence-electron chi connectivity index (χ0n) is 35.5. The van der Waals surface area contributed by atoms with Crippen LogP contribution in [-0.4, -0.2) is 71.6 Å². The number of aryl methyl sites for hydroxylation is 2. The number of benzene rings is 3. The highest BCUT2D eigenvalue weighted by molar-refractivity contribution is 7.92. The molecule has 2 N–H and O–H groups in total. The summed E-state index contributed by atoms with van der Waals surface area (Å²) < 4.78 is 187. The number of nitrogens with zero attached hydrogens (tertiary/aromatic N) is 8. The maximum Gasteiger partial charge on any atom is 0.455 e. The number of carbonyl (C=O) groups excluding carboxylic acids is 1. The van der Waals surface area contributed by atoms with Crippen LogP contribution in [0.5, 0.6) is 0 Å². The van der Waals surface area contributed by atoms with Crippen LogP contribution in [0.25, 0.3) is 38.8 Å². The van der Waals surface area contributed by atoms with E-state index in [1.54, 1.807) is 0 Å². The molecule has 9 rings (SSSR count). The molecule has 0 bridgehead atoms. The lowest BCUT2D eigenvalue weighted by Gasteiger charge is -2.24. The molecule has 3 aromatic carbocycles. The molecule has 2 aliphatic rings. The third-order valence-electron chi connectivity index (χ3n) is 11.8. The average molecular weight is 1020 g/mol. The second-order valence-electron chi connectivity index (χ2n) is 16.8. The van der Waals surface area contributed by atoms with Gasteiger partial charge in [-0.25, -0.2) is 31.0 Å². The first-order chi connectivity index (χ1) is 32.1. The minimum atomic E-state index is -5.91. The Morgan fingerprint density at radius 2 is 1.67 bits per heavy atom. The molecule has 69 heavy (non-hydrogen) atoms. The van der Waals surface area contributed by atoms with E-state index in [-0.39, 0.29) is 72.8 Å². The number of amides is 1. The SMILES string of the molecule is Cc1cc(-c2ccc3c(=O)n(-c4ccc(Cl)c5c(NS(C)(=O)=O)nn(C)c45)c([C@H](Cc4cc(F)cc(F)c4)NC(=O)Cn4nc(C(F)F)c5c4C(F)(F)[C@@H]4C[C@H]54)nc3c2)nn1CC(F)(F)C(F)(F)F. The first-order valence-electron chi connectivity index (χ1n) is 20.3. The lowest BCUT2D eigenvalue weighted by atomic mass is 10.0. The molecule has 3 atom stereocenters. The number of halogens is 12. The molecule has 0 radical (unpaired) electrons. The minimum absolute atomic E-state index is 0.0271. The van der Waals surface area contributed by atoms with E-state index in [2.05, 4.69) is 25.3 Å². The molecule has 27 heteroatoms. The highest BCUT2D eigenvalue weighted by Gasteiger charge is 2.67. The van der Waals surface area contributed by atoms with Gasteiger partial charge in [-0.1, -0.05) is 17.7 Å². The number of carbonyl (C=O) groups is 1. The summed E-state index contributed by atoms with van der Waals surface area (Å²) in [5, 5.41) is 14.1. The fourth-order valence-corrected chi connectivity index (χ4v) is 9.56. The molecule has 2 aliphatic carbocycles. The number of aromatic nitrogens is 8. The molecular weight excluding hydrogens is 985 g/mol. The summed E-state index contributed by atoms with van der Waals surface area (Å²) in [7, 11) is -2.65. The van der Waals surface area contributed by atoms with E-state index in [4.69, 9.17) is 16.6 Å². The quantitative estimate of drug-likeness (QED) is 0.109. The van der Waals surface area contributed by atoms with Gasteiger partial charge >= 0.3 is 12.1 Å². The lowest BCUT2D eigenvalue weighted by Crippen LogP contribution is -2.40. The fraction of sp³-hybridized carbons (Fsp3) is 0.333. The lowest BCUT2D eigenvalue weighted by molar-refractivity contribution is -0.287. The zero-order valence-corrected chi connectivity index (χ0v) is 37.1. The third kappa shape index (κ3) is 8.43. The van der Waals surface area contributed by atoms with E-state index in [0.717, 1.165) is 27.6 Å². The normalized spacial score (nSPS) is 17.2. The summed E-state index contributed by atoms with van der Waals surface area (Å²) in [5.74, 6) is -15.1. The Morgan fingerprint density at radius 3 is 2.32 bits per heavy atom. The molecule has 0 saturated heterocycles. The summed E-state index contributed by atoms with van der Waals surface area (Å²) >= 11 is 6.59. The average Bonchev–Trinajstić information content (AvgIpc) is 3.56. The molecule has 1 amide bonds. The van der Waals surface area contributed by atoms with E-state index in [1.165, 1.54) is 50.4 Å². The Labute approximate surface area is 385 Å². The molecular formula is C42H32ClF11N10O4S. The number of alkyl halides is 9. The number of fused-ring (bicyclic) bond motifs is 5. The van der Waals surface area contributed by atoms with Gasteiger partial charge in [-0.05, 0) is 67.3 Å². The highest BCUT2D eigenvalue weighted by atomic mass is 35.5.